The van der Waals surface area contributed by atoms with Crippen LogP contribution < -0.4 is 10.6 Å². The van der Waals surface area contributed by atoms with Gasteiger partial charge in [0.1, 0.15) is 12.1 Å². The number of urea groups is 2. The first kappa shape index (κ1) is 15.5. The first-order chi connectivity index (χ1) is 8.23. The molecule has 0 aromatic heterocycles. The maximum absolute atomic E-state index is 11.0. The van der Waals surface area contributed by atoms with Gasteiger partial charge in [-0.2, -0.15) is 0 Å². The molecular weight excluding hydrogens is 248 g/mol. The number of hydrogen-bond donors (Lipinski definition) is 4. The van der Waals surface area contributed by atoms with Crippen molar-refractivity contribution < 1.29 is 29.4 Å². The predicted molar refractivity (Wildman–Crippen MR) is 56.1 cm³/mol. The van der Waals surface area contributed by atoms with E-state index in [2.05, 4.69) is 10.2 Å². The minimum Gasteiger partial charge on any atom is -0.480 e. The Bertz CT molecular complexity index is 357. The minimum atomic E-state index is -1.28. The van der Waals surface area contributed by atoms with Crippen LogP contribution in [0.3, 0.4) is 0 Å². The maximum atomic E-state index is 11.0. The third kappa shape index (κ3) is 6.15. The van der Waals surface area contributed by atoms with Crippen LogP contribution in [0.1, 0.15) is 13.8 Å². The standard InChI is InChI=1S/C8H12N4O6/c1-3(5(13)14)9-7(17)11-12-8(18)10-4(2)6(15)16/h3-4H,1-2H3,(H,9,17)(H,10,18)(H,13,14)(H,15,16)/b12-11+/t3-,4-/m0/s1. The number of rotatable bonds is 4. The van der Waals surface area contributed by atoms with Crippen LogP contribution in [-0.2, 0) is 9.59 Å². The fraction of sp³-hybridized carbons (Fsp3) is 0.500. The number of aliphatic carboxylic acids is 2. The Labute approximate surface area is 101 Å². The van der Waals surface area contributed by atoms with Crippen LogP contribution in [0, 0.1) is 0 Å². The smallest absolute Gasteiger partial charge is 0.360 e. The molecule has 0 aromatic carbocycles. The Hall–Kier alpha value is -2.52. The lowest BCUT2D eigenvalue weighted by Gasteiger charge is -2.06. The Morgan fingerprint density at radius 3 is 1.33 bits per heavy atom. The van der Waals surface area contributed by atoms with Crippen molar-refractivity contribution >= 4 is 24.0 Å². The van der Waals surface area contributed by atoms with Gasteiger partial charge in [-0.05, 0) is 13.8 Å². The molecule has 0 saturated heterocycles. The van der Waals surface area contributed by atoms with Crippen LogP contribution in [0.5, 0.6) is 0 Å². The van der Waals surface area contributed by atoms with Gasteiger partial charge < -0.3 is 20.8 Å². The number of carbonyl (C=O) groups excluding carboxylic acids is 2. The van der Waals surface area contributed by atoms with Gasteiger partial charge in [0, 0.05) is 0 Å². The van der Waals surface area contributed by atoms with E-state index < -0.39 is 36.1 Å². The Balaban J connectivity index is 4.22. The van der Waals surface area contributed by atoms with Crippen molar-refractivity contribution in [2.75, 3.05) is 0 Å². The van der Waals surface area contributed by atoms with Crippen LogP contribution in [0.2, 0.25) is 0 Å². The van der Waals surface area contributed by atoms with Crippen molar-refractivity contribution in [2.45, 2.75) is 25.9 Å². The van der Waals surface area contributed by atoms with Crippen LogP contribution in [0.25, 0.3) is 0 Å². The number of hydrogen-bond acceptors (Lipinski definition) is 4. The average molecular weight is 260 g/mol. The average Bonchev–Trinajstić information content (AvgIpc) is 2.25. The molecule has 2 atom stereocenters. The monoisotopic (exact) mass is 260 g/mol. The lowest BCUT2D eigenvalue weighted by molar-refractivity contribution is -0.139. The molecule has 0 bridgehead atoms. The van der Waals surface area contributed by atoms with Crippen molar-refractivity contribution in [1.82, 2.24) is 10.6 Å². The molecule has 0 radical (unpaired) electrons. The number of azo groups is 1. The summed E-state index contributed by atoms with van der Waals surface area (Å²) in [6, 6.07) is -4.61. The molecule has 10 heteroatoms. The Kier molecular flexibility index (Phi) is 5.96. The molecule has 0 aliphatic carbocycles. The van der Waals surface area contributed by atoms with Crippen molar-refractivity contribution in [2.24, 2.45) is 10.2 Å². The highest BCUT2D eigenvalue weighted by molar-refractivity contribution is 5.85. The molecular formula is C8H12N4O6. The van der Waals surface area contributed by atoms with Gasteiger partial charge in [0.2, 0.25) is 0 Å². The molecule has 0 aliphatic rings. The number of nitrogens with zero attached hydrogens (tertiary/aromatic N) is 2. The van der Waals surface area contributed by atoms with E-state index in [1.807, 2.05) is 10.6 Å². The summed E-state index contributed by atoms with van der Waals surface area (Å²) < 4.78 is 0. The normalized spacial score (nSPS) is 13.7. The summed E-state index contributed by atoms with van der Waals surface area (Å²) in [6.45, 7) is 2.39. The summed E-state index contributed by atoms with van der Waals surface area (Å²) in [6.07, 6.45) is 0. The van der Waals surface area contributed by atoms with E-state index in [0.29, 0.717) is 0 Å². The van der Waals surface area contributed by atoms with Crippen LogP contribution >= 0.6 is 0 Å². The van der Waals surface area contributed by atoms with Gasteiger partial charge >= 0.3 is 24.0 Å². The maximum Gasteiger partial charge on any atom is 0.360 e. The summed E-state index contributed by atoms with van der Waals surface area (Å²) >= 11 is 0. The van der Waals surface area contributed by atoms with Crippen molar-refractivity contribution in [1.29, 1.82) is 0 Å². The van der Waals surface area contributed by atoms with Crippen LogP contribution in [0.15, 0.2) is 10.2 Å². The summed E-state index contributed by atoms with van der Waals surface area (Å²) in [4.78, 5) is 42.6. The van der Waals surface area contributed by atoms with Gasteiger partial charge in [0.25, 0.3) is 0 Å². The fourth-order valence-corrected chi connectivity index (χ4v) is 0.642. The number of nitrogens with one attached hydrogen (secondary N) is 2. The lowest BCUT2D eigenvalue weighted by atomic mass is 10.3. The zero-order chi connectivity index (χ0) is 14.3. The van der Waals surface area contributed by atoms with Crippen molar-refractivity contribution in [3.63, 3.8) is 0 Å². The molecule has 4 N–H and O–H groups in total. The van der Waals surface area contributed by atoms with Crippen LogP contribution in [0.4, 0.5) is 9.59 Å². The summed E-state index contributed by atoms with van der Waals surface area (Å²) in [5.41, 5.74) is 0. The van der Waals surface area contributed by atoms with E-state index in [-0.39, 0.29) is 0 Å². The van der Waals surface area contributed by atoms with E-state index in [1.54, 1.807) is 0 Å². The first-order valence-corrected chi connectivity index (χ1v) is 4.72. The van der Waals surface area contributed by atoms with Crippen molar-refractivity contribution in [3.8, 4) is 0 Å². The Morgan fingerprint density at radius 1 is 0.833 bits per heavy atom. The molecule has 0 heterocycles. The van der Waals surface area contributed by atoms with E-state index in [1.165, 1.54) is 13.8 Å². The summed E-state index contributed by atoms with van der Waals surface area (Å²) in [5.74, 6) is -2.55. The van der Waals surface area contributed by atoms with Crippen molar-refractivity contribution in [3.05, 3.63) is 0 Å². The third-order valence-corrected chi connectivity index (χ3v) is 1.65. The first-order valence-electron chi connectivity index (χ1n) is 4.72. The summed E-state index contributed by atoms with van der Waals surface area (Å²) in [7, 11) is 0. The Morgan fingerprint density at radius 2 is 1.11 bits per heavy atom. The highest BCUT2D eigenvalue weighted by atomic mass is 16.4. The number of carboxylic acid groups (broad SMARTS) is 2. The molecule has 0 spiro atoms. The second-order valence-corrected chi connectivity index (χ2v) is 3.22. The molecule has 100 valence electrons. The molecule has 0 rings (SSSR count). The van der Waals surface area contributed by atoms with Gasteiger partial charge in [-0.25, -0.2) is 9.59 Å². The highest BCUT2D eigenvalue weighted by Crippen LogP contribution is 1.88. The van der Waals surface area contributed by atoms with Crippen LogP contribution in [-0.4, -0.2) is 46.3 Å². The van der Waals surface area contributed by atoms with Gasteiger partial charge in [-0.3, -0.25) is 9.59 Å². The zero-order valence-electron chi connectivity index (χ0n) is 9.58. The molecule has 0 fully saturated rings. The van der Waals surface area contributed by atoms with Gasteiger partial charge in [0.15, 0.2) is 0 Å². The molecule has 0 unspecified atom stereocenters. The summed E-state index contributed by atoms with van der Waals surface area (Å²) in [5, 5.41) is 26.5. The molecule has 0 saturated carbocycles. The predicted octanol–water partition coefficient (Wildman–Crippen LogP) is -0.196. The fourth-order valence-electron chi connectivity index (χ4n) is 0.642. The largest absolute Gasteiger partial charge is 0.480 e. The molecule has 4 amide bonds. The SMILES string of the molecule is C[C@H](NC(=O)/N=N/C(=O)N[C@@H](C)C(=O)O)C(=O)O. The third-order valence-electron chi connectivity index (χ3n) is 1.65. The molecule has 0 aliphatic heterocycles. The van der Waals surface area contributed by atoms with E-state index in [0.717, 1.165) is 0 Å². The van der Waals surface area contributed by atoms with Gasteiger partial charge in [-0.15, -0.1) is 0 Å². The second-order valence-electron chi connectivity index (χ2n) is 3.22. The molecule has 18 heavy (non-hydrogen) atoms. The lowest BCUT2D eigenvalue weighted by Crippen LogP contribution is -2.38. The topological polar surface area (TPSA) is 158 Å². The number of amides is 4. The number of carbonyl (C=O) groups is 4. The van der Waals surface area contributed by atoms with Gasteiger partial charge in [-0.1, -0.05) is 10.2 Å². The highest BCUT2D eigenvalue weighted by Gasteiger charge is 2.15. The second kappa shape index (κ2) is 6.93. The minimum absolute atomic E-state index is 1.12. The molecule has 10 nitrogen and oxygen atoms in total. The molecule has 0 aromatic rings. The van der Waals surface area contributed by atoms with E-state index in [4.69, 9.17) is 10.2 Å². The van der Waals surface area contributed by atoms with E-state index in [9.17, 15) is 19.2 Å². The quantitative estimate of drug-likeness (QED) is 0.512. The van der Waals surface area contributed by atoms with Gasteiger partial charge in [0.05, 0.1) is 0 Å². The number of carboxylic acids is 2. The zero-order valence-corrected chi connectivity index (χ0v) is 9.58. The van der Waals surface area contributed by atoms with E-state index >= 15 is 0 Å².